The maximum absolute atomic E-state index is 3.53. The van der Waals surface area contributed by atoms with Crippen LogP contribution in [-0.2, 0) is 0 Å². The molecule has 0 aliphatic heterocycles. The van der Waals surface area contributed by atoms with E-state index in [1.165, 1.54) is 25.1 Å². The second kappa shape index (κ2) is 159. The average Bonchev–Trinajstić information content (AvgIpc) is 2.68. The summed E-state index contributed by atoms with van der Waals surface area (Å²) in [6, 6.07) is 0. The zero-order chi connectivity index (χ0) is 20.5. The minimum atomic E-state index is 0. The van der Waals surface area contributed by atoms with Crippen molar-refractivity contribution in [3.8, 4) is 0 Å². The monoisotopic (exact) mass is 1270 g/mol. The first kappa shape index (κ1) is 97.6. The molecule has 0 nitrogen and oxygen atoms in total. The van der Waals surface area contributed by atoms with Crippen LogP contribution in [0.15, 0.2) is 75.9 Å². The van der Waals surface area contributed by atoms with Crippen molar-refractivity contribution in [1.29, 1.82) is 0 Å². The van der Waals surface area contributed by atoms with E-state index in [-0.39, 0.29) is 112 Å². The summed E-state index contributed by atoms with van der Waals surface area (Å²) in [5.41, 5.74) is 0. The summed E-state index contributed by atoms with van der Waals surface area (Å²) in [5.74, 6) is 0. The van der Waals surface area contributed by atoms with Crippen LogP contribution in [0.5, 0.6) is 0 Å². The molecule has 0 saturated heterocycles. The molecule has 0 radical (unpaired) electrons. The van der Waals surface area contributed by atoms with Crippen LogP contribution in [0.1, 0.15) is 0 Å². The molecule has 0 rings (SSSR count). The van der Waals surface area contributed by atoms with Gasteiger partial charge in [0.05, 0.1) is 0 Å². The quantitative estimate of drug-likeness (QED) is 0.324. The van der Waals surface area contributed by atoms with Crippen LogP contribution < -0.4 is 0 Å². The Morgan fingerprint density at radius 3 is 0.303 bits per heavy atom. The van der Waals surface area contributed by atoms with Crippen LogP contribution in [0.4, 0.5) is 0 Å². The van der Waals surface area contributed by atoms with Crippen LogP contribution in [0, 0.1) is 0 Å². The predicted octanol–water partition coefficient (Wildman–Crippen LogP) is 5.14. The summed E-state index contributed by atoms with van der Waals surface area (Å²) < 4.78 is 7.76. The number of hydrogen-bond donors (Lipinski definition) is 0. The first-order valence-electron chi connectivity index (χ1n) is 9.14. The van der Waals surface area contributed by atoms with Gasteiger partial charge >= 0.3 is 247 Å². The van der Waals surface area contributed by atoms with E-state index < -0.39 is 0 Å². The molecule has 15 heteroatoms. The molecule has 0 aliphatic rings. The molecule has 0 unspecified atom stereocenters. The molecule has 0 aromatic rings. The molecular weight excluding hydrogens is 1220 g/mol. The van der Waals surface area contributed by atoms with Gasteiger partial charge in [-0.05, 0) is 0 Å². The van der Waals surface area contributed by atoms with Crippen LogP contribution in [0.3, 0.4) is 0 Å². The van der Waals surface area contributed by atoms with E-state index in [0.717, 1.165) is 146 Å². The summed E-state index contributed by atoms with van der Waals surface area (Å²) >= 11 is 5.20. The minimum absolute atomic E-state index is 0. The number of rotatable bonds is 6. The summed E-state index contributed by atoms with van der Waals surface area (Å²) in [6.07, 6.45) is 11.8. The van der Waals surface area contributed by atoms with E-state index in [4.69, 9.17) is 0 Å². The Labute approximate surface area is 351 Å². The zero-order valence-electron chi connectivity index (χ0n) is 21.6. The second-order valence-electron chi connectivity index (χ2n) is 4.18. The molecule has 0 fully saturated rings. The van der Waals surface area contributed by atoms with Gasteiger partial charge in [0.15, 0.2) is 0 Å². The van der Waals surface area contributed by atoms with E-state index >= 15 is 0 Å². The molecule has 0 atom stereocenters. The predicted molar refractivity (Wildman–Crippen MR) is 207 cm³/mol. The minimum Gasteiger partial charge on any atom is -0.147 e. The van der Waals surface area contributed by atoms with Crippen molar-refractivity contribution >= 4 is 258 Å². The Bertz CT molecular complexity index is 193. The van der Waals surface area contributed by atoms with Crippen molar-refractivity contribution in [2.24, 2.45) is 0 Å². The van der Waals surface area contributed by atoms with Gasteiger partial charge in [-0.15, -0.1) is 112 Å². The molecule has 0 aliphatic carbocycles. The van der Waals surface area contributed by atoms with Crippen LogP contribution in [0.25, 0.3) is 0 Å². The third kappa shape index (κ3) is 334. The van der Waals surface area contributed by atoms with Gasteiger partial charge < -0.3 is 0 Å². The van der Waals surface area contributed by atoms with Crippen molar-refractivity contribution in [3.05, 3.63) is 75.9 Å². The summed E-state index contributed by atoms with van der Waals surface area (Å²) in [4.78, 5) is 0. The normalized spacial score (nSPS) is 4.36. The standard InChI is InChI=1S/6C3H5.9ClH.6In.12H/c6*1-3-2;;;;;;;;;;;;;;;;;;;;;;;;;;;/h6*3H,1-2H2;9*1H;;;;;;;;;;;;;;;;;;. The van der Waals surface area contributed by atoms with Gasteiger partial charge in [-0.3, -0.25) is 0 Å². The molecule has 0 amide bonds. The SMILES string of the molecule is C=C[CH2][InH2].C=C[CH2][InH2].C=C[CH2][InH2].C=C[CH2][InH2].C=C[CH2][InH2].C=C[CH2][InH2].Cl.Cl.Cl.Cl.Cl.Cl.Cl.Cl.Cl. The Hall–Kier alpha value is 6.27. The maximum atomic E-state index is 3.53. The molecule has 0 aromatic heterocycles. The van der Waals surface area contributed by atoms with Gasteiger partial charge in [0, 0.05) is 0 Å². The molecule has 0 saturated carbocycles. The number of allylic oxidation sites excluding steroid dienone is 6. The van der Waals surface area contributed by atoms with E-state index in [1.807, 2.05) is 36.5 Å². The van der Waals surface area contributed by atoms with E-state index in [1.54, 1.807) is 0 Å². The van der Waals surface area contributed by atoms with Crippen LogP contribution in [-0.4, -0.2) is 146 Å². The molecule has 204 valence electrons. The van der Waals surface area contributed by atoms with Crippen molar-refractivity contribution in [3.63, 3.8) is 0 Å². The van der Waals surface area contributed by atoms with Gasteiger partial charge in [0.2, 0.25) is 0 Å². The van der Waals surface area contributed by atoms with Crippen LogP contribution >= 0.6 is 112 Å². The van der Waals surface area contributed by atoms with Gasteiger partial charge in [-0.25, -0.2) is 0 Å². The van der Waals surface area contributed by atoms with Gasteiger partial charge in [0.25, 0.3) is 0 Å². The summed E-state index contributed by atoms with van der Waals surface area (Å²) in [5, 5.41) is 0. The zero-order valence-corrected chi connectivity index (χ0v) is 63.2. The fraction of sp³-hybridized carbons (Fsp3) is 0.333. The van der Waals surface area contributed by atoms with Gasteiger partial charge in [-0.2, -0.15) is 0 Å². The molecule has 33 heavy (non-hydrogen) atoms. The van der Waals surface area contributed by atoms with Gasteiger partial charge in [0.1, 0.15) is 0 Å². The fourth-order valence-corrected chi connectivity index (χ4v) is 0. The molecule has 0 spiro atoms. The third-order valence-corrected chi connectivity index (χ3v) is 11.6. The Kier molecular flexibility index (Phi) is 471. The topological polar surface area (TPSA) is 0 Å². The molecular formula is C18H51Cl9In6. The Morgan fingerprint density at radius 2 is 0.303 bits per heavy atom. The first-order chi connectivity index (χ1) is 11.5. The largest absolute Gasteiger partial charge is 0.147 e. The third-order valence-electron chi connectivity index (χ3n) is 1.73. The summed E-state index contributed by atoms with van der Waals surface area (Å²) in [6.45, 7) is 21.2. The molecule has 0 bridgehead atoms. The molecule has 0 aromatic carbocycles. The fourth-order valence-electron chi connectivity index (χ4n) is 0. The Morgan fingerprint density at radius 1 is 0.273 bits per heavy atom. The summed E-state index contributed by atoms with van der Waals surface area (Å²) in [7, 11) is 0. The van der Waals surface area contributed by atoms with Crippen molar-refractivity contribution in [2.45, 2.75) is 25.1 Å². The first-order valence-corrected chi connectivity index (χ1v) is 33.4. The smallest absolute Gasteiger partial charge is 0.147 e. The average molecular weight is 1280 g/mol. The maximum Gasteiger partial charge on any atom is -0.147 e. The van der Waals surface area contributed by atoms with Crippen LogP contribution in [0.2, 0.25) is 25.1 Å². The van der Waals surface area contributed by atoms with E-state index in [2.05, 4.69) is 39.5 Å². The van der Waals surface area contributed by atoms with Crippen molar-refractivity contribution in [2.75, 3.05) is 0 Å². The second-order valence-corrected chi connectivity index (χ2v) is 18.2. The van der Waals surface area contributed by atoms with Crippen molar-refractivity contribution < 1.29 is 0 Å². The Balaban J connectivity index is -0.00000000859. The van der Waals surface area contributed by atoms with Crippen molar-refractivity contribution in [1.82, 2.24) is 0 Å². The molecule has 0 N–H and O–H groups in total. The van der Waals surface area contributed by atoms with Gasteiger partial charge in [-0.1, -0.05) is 0 Å². The molecule has 0 heterocycles. The van der Waals surface area contributed by atoms with E-state index in [0.29, 0.717) is 0 Å². The number of halogens is 9. The van der Waals surface area contributed by atoms with E-state index in [9.17, 15) is 0 Å². The number of hydrogen-bond acceptors (Lipinski definition) is 0.